The van der Waals surface area contributed by atoms with E-state index in [1.807, 2.05) is 84.9 Å². The molecule has 43 heavy (non-hydrogen) atoms. The maximum Gasteiger partial charge on any atom is 0.242 e. The van der Waals surface area contributed by atoms with Crippen molar-refractivity contribution in [3.8, 4) is 5.75 Å². The number of methoxy groups -OCH3 is 2. The van der Waals surface area contributed by atoms with Crippen molar-refractivity contribution in [2.45, 2.75) is 42.2 Å². The van der Waals surface area contributed by atoms with Gasteiger partial charge in [0.1, 0.15) is 34.8 Å². The molecule has 0 aliphatic carbocycles. The fourth-order valence-electron chi connectivity index (χ4n) is 6.33. The van der Waals surface area contributed by atoms with Crippen molar-refractivity contribution < 1.29 is 29.5 Å². The lowest BCUT2D eigenvalue weighted by molar-refractivity contribution is -0.0959. The van der Waals surface area contributed by atoms with Crippen LogP contribution in [0.4, 0.5) is 5.82 Å². The van der Waals surface area contributed by atoms with Crippen LogP contribution in [0.25, 0.3) is 0 Å². The Labute approximate surface area is 249 Å². The van der Waals surface area contributed by atoms with Crippen LogP contribution in [0, 0.1) is 0 Å². The van der Waals surface area contributed by atoms with Crippen LogP contribution in [-0.4, -0.2) is 75.2 Å². The van der Waals surface area contributed by atoms with Gasteiger partial charge in [0, 0.05) is 0 Å². The number of nitrogens with zero attached hydrogens (tertiary/aromatic N) is 3. The van der Waals surface area contributed by atoms with E-state index in [2.05, 4.69) is 10.3 Å². The van der Waals surface area contributed by atoms with E-state index < -0.39 is 41.8 Å². The van der Waals surface area contributed by atoms with Gasteiger partial charge in [-0.2, -0.15) is 0 Å². The third-order valence-corrected chi connectivity index (χ3v) is 8.47. The Balaban J connectivity index is 1.62. The third-order valence-electron chi connectivity index (χ3n) is 8.47. The fourth-order valence-corrected chi connectivity index (χ4v) is 6.33. The quantitative estimate of drug-likeness (QED) is 0.206. The van der Waals surface area contributed by atoms with Crippen LogP contribution in [0.2, 0.25) is 0 Å². The molecule has 2 aliphatic heterocycles. The molecule has 224 valence electrons. The van der Waals surface area contributed by atoms with Crippen molar-refractivity contribution >= 4 is 11.7 Å². The Hall–Kier alpha value is -4.26. The molecule has 11 heteroatoms. The summed E-state index contributed by atoms with van der Waals surface area (Å²) in [5, 5.41) is 35.3. The van der Waals surface area contributed by atoms with Gasteiger partial charge >= 0.3 is 0 Å². The molecule has 0 bridgehead atoms. The number of aliphatic hydroxyl groups is 3. The third kappa shape index (κ3) is 4.31. The molecule has 2 aliphatic rings. The number of rotatable bonds is 7. The summed E-state index contributed by atoms with van der Waals surface area (Å²) in [5.74, 6) is -0.452. The lowest BCUT2D eigenvalue weighted by Crippen LogP contribution is -2.65. The normalized spacial score (nSPS) is 26.8. The van der Waals surface area contributed by atoms with Gasteiger partial charge in [-0.3, -0.25) is 10.3 Å². The predicted molar refractivity (Wildman–Crippen MR) is 160 cm³/mol. The number of aliphatic hydroxyl groups excluding tert-OH is 2. The number of ether oxygens (including phenoxy) is 3. The number of benzene rings is 3. The lowest BCUT2D eigenvalue weighted by Gasteiger charge is -2.49. The highest BCUT2D eigenvalue weighted by molar-refractivity contribution is 5.99. The van der Waals surface area contributed by atoms with Crippen molar-refractivity contribution in [1.82, 2.24) is 9.55 Å². The maximum atomic E-state index is 11.3. The van der Waals surface area contributed by atoms with Crippen molar-refractivity contribution in [2.75, 3.05) is 26.1 Å². The molecule has 11 nitrogen and oxygen atoms in total. The summed E-state index contributed by atoms with van der Waals surface area (Å²) in [6.45, 7) is 0.968. The summed E-state index contributed by atoms with van der Waals surface area (Å²) < 4.78 is 18.8. The Bertz CT molecular complexity index is 1570. The number of hydrogen-bond donors (Lipinski definition) is 5. The summed E-state index contributed by atoms with van der Waals surface area (Å²) in [5.41, 5.74) is 7.43. The van der Waals surface area contributed by atoms with Crippen LogP contribution < -0.4 is 15.8 Å². The average molecular weight is 586 g/mol. The number of nitrogens with one attached hydrogen (secondary N) is 1. The second-order valence-corrected chi connectivity index (χ2v) is 11.0. The van der Waals surface area contributed by atoms with E-state index in [9.17, 15) is 15.3 Å². The zero-order valence-electron chi connectivity index (χ0n) is 24.1. The molecule has 1 aromatic heterocycles. The Morgan fingerprint density at radius 3 is 2.05 bits per heavy atom. The summed E-state index contributed by atoms with van der Waals surface area (Å²) in [6.07, 6.45) is -2.02. The summed E-state index contributed by atoms with van der Waals surface area (Å²) >= 11 is 0. The van der Waals surface area contributed by atoms with E-state index in [0.717, 1.165) is 16.7 Å². The lowest BCUT2D eigenvalue weighted by atomic mass is 9.64. The Morgan fingerprint density at radius 2 is 1.53 bits per heavy atom. The highest BCUT2D eigenvalue weighted by Crippen LogP contribution is 2.50. The maximum absolute atomic E-state index is 11.3. The minimum Gasteiger partial charge on any atom is -0.497 e. The number of anilines is 1. The largest absolute Gasteiger partial charge is 0.497 e. The number of aromatic nitrogens is 2. The van der Waals surface area contributed by atoms with Crippen LogP contribution in [0.3, 0.4) is 0 Å². The van der Waals surface area contributed by atoms with Crippen LogP contribution in [0.5, 0.6) is 5.75 Å². The smallest absolute Gasteiger partial charge is 0.242 e. The van der Waals surface area contributed by atoms with Gasteiger partial charge in [-0.05, 0) is 35.7 Å². The van der Waals surface area contributed by atoms with E-state index in [1.165, 1.54) is 20.4 Å². The molecule has 0 amide bonds. The second-order valence-electron chi connectivity index (χ2n) is 11.0. The highest BCUT2D eigenvalue weighted by atomic mass is 16.6. The molecule has 1 unspecified atom stereocenters. The van der Waals surface area contributed by atoms with Gasteiger partial charge in [0.05, 0.1) is 27.2 Å². The number of fused-ring (bicyclic) bond motifs is 1. The summed E-state index contributed by atoms with van der Waals surface area (Å²) in [4.78, 5) is 9.52. The molecule has 0 saturated carbocycles. The summed E-state index contributed by atoms with van der Waals surface area (Å²) in [6, 6.07) is 27.3. The second kappa shape index (κ2) is 10.8. The van der Waals surface area contributed by atoms with Crippen molar-refractivity contribution in [3.63, 3.8) is 0 Å². The van der Waals surface area contributed by atoms with E-state index in [4.69, 9.17) is 24.9 Å². The van der Waals surface area contributed by atoms with Crippen LogP contribution in [0.15, 0.2) is 96.2 Å². The molecule has 5 atom stereocenters. The first kappa shape index (κ1) is 28.8. The van der Waals surface area contributed by atoms with Gasteiger partial charge in [-0.15, -0.1) is 0 Å². The van der Waals surface area contributed by atoms with Crippen LogP contribution in [0.1, 0.15) is 35.5 Å². The average Bonchev–Trinajstić information content (AvgIpc) is 3.54. The molecule has 6 N–H and O–H groups in total. The van der Waals surface area contributed by atoms with Crippen LogP contribution >= 0.6 is 0 Å². The van der Waals surface area contributed by atoms with Crippen LogP contribution in [-0.2, 0) is 14.9 Å². The zero-order chi connectivity index (χ0) is 30.4. The number of hydrogen-bond acceptors (Lipinski definition) is 10. The SMILES string of the molecule is COC1=NC(N)(C(c2ccccc2)(c2ccccc2)c2ccc(OC)cc2)Nc2c1ncn2[C@@H]1O[C@H](CO)[C@@H](O)[C@@]1(C)O. The fraction of sp³-hybridized carbons (Fsp3) is 0.312. The first-order valence-electron chi connectivity index (χ1n) is 13.9. The van der Waals surface area contributed by atoms with Crippen molar-refractivity contribution in [1.29, 1.82) is 0 Å². The molecular weight excluding hydrogens is 550 g/mol. The molecule has 3 heterocycles. The standard InChI is InChI=1S/C32H35N5O6/c1-30(40)26(39)24(18-38)43-29(30)37-19-34-25-27(37)35-32(33,36-28(25)42-3)31(20-10-6-4-7-11-20,21-12-8-5-9-13-21)22-14-16-23(41-2)17-15-22/h4-17,19,24,26,29,35,38-40H,18,33H2,1-3H3/t24-,26-,29-,30-,32?/m1/s1. The van der Waals surface area contributed by atoms with Gasteiger partial charge in [-0.1, -0.05) is 72.8 Å². The van der Waals surface area contributed by atoms with Gasteiger partial charge < -0.3 is 34.8 Å². The Kier molecular flexibility index (Phi) is 7.23. The van der Waals surface area contributed by atoms with E-state index >= 15 is 0 Å². The molecule has 0 radical (unpaired) electrons. The van der Waals surface area contributed by atoms with Crippen molar-refractivity contribution in [3.05, 3.63) is 114 Å². The van der Waals surface area contributed by atoms with Gasteiger partial charge in [0.2, 0.25) is 11.7 Å². The van der Waals surface area contributed by atoms with Crippen molar-refractivity contribution in [2.24, 2.45) is 10.7 Å². The molecule has 0 spiro atoms. The summed E-state index contributed by atoms with van der Waals surface area (Å²) in [7, 11) is 3.10. The monoisotopic (exact) mass is 585 g/mol. The van der Waals surface area contributed by atoms with E-state index in [-0.39, 0.29) is 5.90 Å². The molecule has 3 aromatic carbocycles. The molecular formula is C32H35N5O6. The minimum atomic E-state index is -1.77. The first-order valence-corrected chi connectivity index (χ1v) is 13.9. The van der Waals surface area contributed by atoms with Gasteiger partial charge in [0.15, 0.2) is 11.9 Å². The molecule has 1 saturated heterocycles. The number of imidazole rings is 1. The Morgan fingerprint density at radius 1 is 0.953 bits per heavy atom. The number of nitrogens with two attached hydrogens (primary N) is 1. The zero-order valence-corrected chi connectivity index (χ0v) is 24.1. The molecule has 4 aromatic rings. The topological polar surface area (TPSA) is 157 Å². The van der Waals surface area contributed by atoms with Gasteiger partial charge in [0.25, 0.3) is 0 Å². The highest BCUT2D eigenvalue weighted by Gasteiger charge is 2.58. The molecule has 6 rings (SSSR count). The minimum absolute atomic E-state index is 0.164. The first-order chi connectivity index (χ1) is 20.7. The predicted octanol–water partition coefficient (Wildman–Crippen LogP) is 2.36. The van der Waals surface area contributed by atoms with Gasteiger partial charge in [-0.25, -0.2) is 9.98 Å². The molecule has 1 fully saturated rings. The van der Waals surface area contributed by atoms with E-state index in [1.54, 1.807) is 11.7 Å². The number of aliphatic imine (C=N–C) groups is 1. The van der Waals surface area contributed by atoms with E-state index in [0.29, 0.717) is 17.3 Å².